The SMILES string of the molecule is Nc1nsc(C2CCCC2)n1. The molecule has 1 aliphatic rings. The van der Waals surface area contributed by atoms with Crippen LogP contribution in [-0.2, 0) is 0 Å². The Bertz CT molecular complexity index is 240. The van der Waals surface area contributed by atoms with E-state index >= 15 is 0 Å². The van der Waals surface area contributed by atoms with E-state index in [1.54, 1.807) is 0 Å². The Labute approximate surface area is 69.8 Å². The first-order chi connectivity index (χ1) is 5.36. The van der Waals surface area contributed by atoms with E-state index in [1.807, 2.05) is 0 Å². The summed E-state index contributed by atoms with van der Waals surface area (Å²) in [6.07, 6.45) is 5.22. The van der Waals surface area contributed by atoms with Crippen LogP contribution in [0.25, 0.3) is 0 Å². The van der Waals surface area contributed by atoms with Crippen molar-refractivity contribution in [3.05, 3.63) is 5.01 Å². The average Bonchev–Trinajstić information content (AvgIpc) is 2.55. The summed E-state index contributed by atoms with van der Waals surface area (Å²) in [5.74, 6) is 1.10. The third kappa shape index (κ3) is 1.35. The van der Waals surface area contributed by atoms with Crippen molar-refractivity contribution in [1.29, 1.82) is 0 Å². The molecule has 1 aliphatic carbocycles. The molecular weight excluding hydrogens is 158 g/mol. The normalized spacial score (nSPS) is 19.3. The summed E-state index contributed by atoms with van der Waals surface area (Å²) in [4.78, 5) is 4.18. The predicted molar refractivity (Wildman–Crippen MR) is 45.5 cm³/mol. The van der Waals surface area contributed by atoms with E-state index in [9.17, 15) is 0 Å². The fraction of sp³-hybridized carbons (Fsp3) is 0.714. The van der Waals surface area contributed by atoms with Gasteiger partial charge in [-0.15, -0.1) is 0 Å². The lowest BCUT2D eigenvalue weighted by atomic mass is 10.1. The van der Waals surface area contributed by atoms with Crippen LogP contribution in [-0.4, -0.2) is 9.36 Å². The maximum absolute atomic E-state index is 5.43. The molecule has 0 radical (unpaired) electrons. The minimum absolute atomic E-state index is 0.442. The van der Waals surface area contributed by atoms with Crippen LogP contribution in [0.4, 0.5) is 5.95 Å². The van der Waals surface area contributed by atoms with Crippen molar-refractivity contribution in [2.24, 2.45) is 0 Å². The molecule has 0 spiro atoms. The summed E-state index contributed by atoms with van der Waals surface area (Å²) in [5.41, 5.74) is 5.43. The molecule has 2 N–H and O–H groups in total. The second-order valence-electron chi connectivity index (χ2n) is 2.97. The highest BCUT2D eigenvalue weighted by molar-refractivity contribution is 7.05. The monoisotopic (exact) mass is 169 g/mol. The van der Waals surface area contributed by atoms with Crippen molar-refractivity contribution in [3.8, 4) is 0 Å². The Morgan fingerprint density at radius 2 is 2.09 bits per heavy atom. The fourth-order valence-corrected chi connectivity index (χ4v) is 2.33. The van der Waals surface area contributed by atoms with Crippen LogP contribution in [0.1, 0.15) is 36.6 Å². The van der Waals surface area contributed by atoms with Gasteiger partial charge in [-0.2, -0.15) is 4.37 Å². The highest BCUT2D eigenvalue weighted by Gasteiger charge is 2.20. The number of rotatable bonds is 1. The first-order valence-corrected chi connectivity index (χ1v) is 4.72. The summed E-state index contributed by atoms with van der Waals surface area (Å²) in [5, 5.41) is 1.14. The predicted octanol–water partition coefficient (Wildman–Crippen LogP) is 1.78. The van der Waals surface area contributed by atoms with Gasteiger partial charge in [0.25, 0.3) is 0 Å². The molecule has 4 heteroatoms. The molecule has 1 heterocycles. The third-order valence-electron chi connectivity index (χ3n) is 2.16. The van der Waals surface area contributed by atoms with E-state index in [0.29, 0.717) is 11.9 Å². The topological polar surface area (TPSA) is 51.8 Å². The largest absolute Gasteiger partial charge is 0.367 e. The van der Waals surface area contributed by atoms with Crippen molar-refractivity contribution in [1.82, 2.24) is 9.36 Å². The molecule has 0 bridgehead atoms. The fourth-order valence-electron chi connectivity index (χ4n) is 1.59. The van der Waals surface area contributed by atoms with Gasteiger partial charge in [-0.3, -0.25) is 0 Å². The second kappa shape index (κ2) is 2.77. The van der Waals surface area contributed by atoms with Crippen LogP contribution in [0.15, 0.2) is 0 Å². The molecule has 0 unspecified atom stereocenters. The molecule has 60 valence electrons. The molecule has 0 amide bonds. The Hall–Kier alpha value is -0.640. The number of hydrogen-bond donors (Lipinski definition) is 1. The van der Waals surface area contributed by atoms with E-state index in [2.05, 4.69) is 9.36 Å². The number of nitrogen functional groups attached to an aromatic ring is 1. The molecule has 0 aromatic carbocycles. The summed E-state index contributed by atoms with van der Waals surface area (Å²) in [6, 6.07) is 0. The highest BCUT2D eigenvalue weighted by atomic mass is 32.1. The quantitative estimate of drug-likeness (QED) is 0.697. The van der Waals surface area contributed by atoms with Gasteiger partial charge in [-0.25, -0.2) is 4.98 Å². The average molecular weight is 169 g/mol. The van der Waals surface area contributed by atoms with Crippen molar-refractivity contribution >= 4 is 17.5 Å². The maximum Gasteiger partial charge on any atom is 0.232 e. The number of aromatic nitrogens is 2. The zero-order valence-corrected chi connectivity index (χ0v) is 7.10. The van der Waals surface area contributed by atoms with E-state index in [1.165, 1.54) is 37.2 Å². The highest BCUT2D eigenvalue weighted by Crippen LogP contribution is 2.34. The van der Waals surface area contributed by atoms with Crippen molar-refractivity contribution in [3.63, 3.8) is 0 Å². The minimum Gasteiger partial charge on any atom is -0.367 e. The van der Waals surface area contributed by atoms with Gasteiger partial charge in [0.15, 0.2) is 0 Å². The summed E-state index contributed by atoms with van der Waals surface area (Å²) >= 11 is 1.46. The van der Waals surface area contributed by atoms with Gasteiger partial charge in [0, 0.05) is 5.92 Å². The number of nitrogens with zero attached hydrogens (tertiary/aromatic N) is 2. The molecule has 3 nitrogen and oxygen atoms in total. The molecule has 11 heavy (non-hydrogen) atoms. The maximum atomic E-state index is 5.43. The van der Waals surface area contributed by atoms with Gasteiger partial charge in [0.2, 0.25) is 5.95 Å². The smallest absolute Gasteiger partial charge is 0.232 e. The first kappa shape index (κ1) is 7.03. The summed E-state index contributed by atoms with van der Waals surface area (Å²) in [7, 11) is 0. The standard InChI is InChI=1S/C7H11N3S/c8-7-9-6(11-10-7)5-3-1-2-4-5/h5H,1-4H2,(H2,8,10). The molecule has 2 rings (SSSR count). The van der Waals surface area contributed by atoms with Crippen LogP contribution < -0.4 is 5.73 Å². The van der Waals surface area contributed by atoms with E-state index < -0.39 is 0 Å². The third-order valence-corrected chi connectivity index (χ3v) is 3.05. The zero-order valence-electron chi connectivity index (χ0n) is 6.29. The first-order valence-electron chi connectivity index (χ1n) is 3.95. The van der Waals surface area contributed by atoms with Gasteiger partial charge < -0.3 is 5.73 Å². The van der Waals surface area contributed by atoms with Crippen molar-refractivity contribution < 1.29 is 0 Å². The lowest BCUT2D eigenvalue weighted by molar-refractivity contribution is 0.717. The van der Waals surface area contributed by atoms with Gasteiger partial charge in [0.1, 0.15) is 5.01 Å². The van der Waals surface area contributed by atoms with Crippen LogP contribution in [0, 0.1) is 0 Å². The Balaban J connectivity index is 2.15. The number of nitrogens with two attached hydrogens (primary N) is 1. The Morgan fingerprint density at radius 1 is 1.36 bits per heavy atom. The second-order valence-corrected chi connectivity index (χ2v) is 3.76. The lowest BCUT2D eigenvalue weighted by Crippen LogP contribution is -1.92. The molecule has 1 saturated carbocycles. The molecular formula is C7H11N3S. The van der Waals surface area contributed by atoms with Gasteiger partial charge in [-0.1, -0.05) is 12.8 Å². The molecule has 1 aromatic heterocycles. The minimum atomic E-state index is 0.442. The van der Waals surface area contributed by atoms with E-state index in [-0.39, 0.29) is 0 Å². The molecule has 0 atom stereocenters. The van der Waals surface area contributed by atoms with Crippen LogP contribution >= 0.6 is 11.5 Å². The zero-order chi connectivity index (χ0) is 7.68. The summed E-state index contributed by atoms with van der Waals surface area (Å²) < 4.78 is 3.97. The number of anilines is 1. The molecule has 1 aromatic rings. The molecule has 1 fully saturated rings. The molecule has 0 aliphatic heterocycles. The Kier molecular flexibility index (Phi) is 1.77. The Morgan fingerprint density at radius 3 is 2.64 bits per heavy atom. The van der Waals surface area contributed by atoms with Crippen LogP contribution in [0.3, 0.4) is 0 Å². The molecule has 0 saturated heterocycles. The van der Waals surface area contributed by atoms with Crippen LogP contribution in [0.2, 0.25) is 0 Å². The van der Waals surface area contributed by atoms with Gasteiger partial charge in [0.05, 0.1) is 0 Å². The van der Waals surface area contributed by atoms with Crippen LogP contribution in [0.5, 0.6) is 0 Å². The number of hydrogen-bond acceptors (Lipinski definition) is 4. The van der Waals surface area contributed by atoms with Gasteiger partial charge in [-0.05, 0) is 24.4 Å². The van der Waals surface area contributed by atoms with E-state index in [4.69, 9.17) is 5.73 Å². The van der Waals surface area contributed by atoms with Crippen molar-refractivity contribution in [2.45, 2.75) is 31.6 Å². The van der Waals surface area contributed by atoms with Gasteiger partial charge >= 0.3 is 0 Å². The summed E-state index contributed by atoms with van der Waals surface area (Å²) in [6.45, 7) is 0. The lowest BCUT2D eigenvalue weighted by Gasteiger charge is -2.00. The van der Waals surface area contributed by atoms with E-state index in [0.717, 1.165) is 5.01 Å². The van der Waals surface area contributed by atoms with Crippen molar-refractivity contribution in [2.75, 3.05) is 5.73 Å².